The maximum atomic E-state index is 13.1. The fourth-order valence-electron chi connectivity index (χ4n) is 3.07. The van der Waals surface area contributed by atoms with Crippen LogP contribution in [0.3, 0.4) is 0 Å². The smallest absolute Gasteiger partial charge is 0.332 e. The van der Waals surface area contributed by atoms with E-state index >= 15 is 0 Å². The molecule has 2 aromatic rings. The molecular formula is C20H19ClFN3O3. The van der Waals surface area contributed by atoms with Gasteiger partial charge in [-0.2, -0.15) is 0 Å². The number of nitrogens with one attached hydrogen (secondary N) is 1. The number of carbonyl (C=O) groups is 3. The normalized spacial score (nSPS) is 17.8. The predicted octanol–water partition coefficient (Wildman–Crippen LogP) is 3.51. The molecular weight excluding hydrogens is 385 g/mol. The summed E-state index contributed by atoms with van der Waals surface area (Å²) in [7, 11) is 0. The van der Waals surface area contributed by atoms with Crippen LogP contribution < -0.4 is 10.2 Å². The molecule has 0 aromatic heterocycles. The summed E-state index contributed by atoms with van der Waals surface area (Å²) in [6.45, 7) is 2.97. The monoisotopic (exact) mass is 403 g/mol. The summed E-state index contributed by atoms with van der Waals surface area (Å²) in [6.07, 6.45) is 0. The molecule has 2 aromatic carbocycles. The van der Waals surface area contributed by atoms with Crippen molar-refractivity contribution in [3.8, 4) is 0 Å². The van der Waals surface area contributed by atoms with Crippen LogP contribution in [0.4, 0.5) is 14.9 Å². The number of amides is 4. The van der Waals surface area contributed by atoms with Gasteiger partial charge in [0.15, 0.2) is 0 Å². The zero-order chi connectivity index (χ0) is 20.4. The van der Waals surface area contributed by atoms with Crippen LogP contribution in [0.15, 0.2) is 48.5 Å². The maximum absolute atomic E-state index is 13.1. The van der Waals surface area contributed by atoms with E-state index in [-0.39, 0.29) is 6.04 Å². The molecule has 1 aliphatic rings. The fourth-order valence-corrected chi connectivity index (χ4v) is 3.20. The van der Waals surface area contributed by atoms with E-state index in [1.807, 2.05) is 0 Å². The topological polar surface area (TPSA) is 69.7 Å². The lowest BCUT2D eigenvalue weighted by atomic mass is 10.1. The van der Waals surface area contributed by atoms with Gasteiger partial charge in [0.05, 0.1) is 6.04 Å². The third-order valence-electron chi connectivity index (χ3n) is 4.60. The molecule has 8 heteroatoms. The summed E-state index contributed by atoms with van der Waals surface area (Å²) in [5, 5.41) is 3.35. The van der Waals surface area contributed by atoms with Crippen molar-refractivity contribution < 1.29 is 18.8 Å². The molecule has 0 radical (unpaired) electrons. The van der Waals surface area contributed by atoms with Gasteiger partial charge >= 0.3 is 6.03 Å². The molecule has 1 N–H and O–H groups in total. The number of hydrogen-bond acceptors (Lipinski definition) is 3. The number of urea groups is 1. The van der Waals surface area contributed by atoms with Crippen molar-refractivity contribution in [1.82, 2.24) is 10.2 Å². The van der Waals surface area contributed by atoms with Crippen LogP contribution in [0, 0.1) is 5.82 Å². The van der Waals surface area contributed by atoms with Crippen molar-refractivity contribution in [3.05, 3.63) is 64.9 Å². The van der Waals surface area contributed by atoms with Gasteiger partial charge in [-0.05, 0) is 55.8 Å². The lowest BCUT2D eigenvalue weighted by molar-refractivity contribution is -0.132. The first-order chi connectivity index (χ1) is 13.3. The van der Waals surface area contributed by atoms with Crippen LogP contribution in [0.5, 0.6) is 0 Å². The molecule has 0 saturated carbocycles. The molecule has 1 fully saturated rings. The van der Waals surface area contributed by atoms with E-state index in [0.29, 0.717) is 10.7 Å². The number of hydrogen-bond donors (Lipinski definition) is 1. The van der Waals surface area contributed by atoms with Gasteiger partial charge in [0.2, 0.25) is 5.91 Å². The Kier molecular flexibility index (Phi) is 5.65. The van der Waals surface area contributed by atoms with Gasteiger partial charge in [-0.15, -0.1) is 0 Å². The van der Waals surface area contributed by atoms with E-state index in [2.05, 4.69) is 5.32 Å². The summed E-state index contributed by atoms with van der Waals surface area (Å²) >= 11 is 5.86. The Morgan fingerprint density at radius 3 is 2.36 bits per heavy atom. The molecule has 28 heavy (non-hydrogen) atoms. The minimum atomic E-state index is -0.778. The van der Waals surface area contributed by atoms with Crippen molar-refractivity contribution in [2.75, 3.05) is 11.4 Å². The molecule has 4 amide bonds. The van der Waals surface area contributed by atoms with E-state index in [4.69, 9.17) is 11.6 Å². The van der Waals surface area contributed by atoms with E-state index in [0.717, 1.165) is 10.5 Å². The number of benzene rings is 2. The molecule has 0 aliphatic carbocycles. The first-order valence-electron chi connectivity index (χ1n) is 8.73. The molecule has 146 valence electrons. The first kappa shape index (κ1) is 19.8. The average Bonchev–Trinajstić information content (AvgIpc) is 2.86. The summed E-state index contributed by atoms with van der Waals surface area (Å²) in [5.41, 5.74) is 1.24. The van der Waals surface area contributed by atoms with Crippen LogP contribution in [0.1, 0.15) is 25.5 Å². The fraction of sp³-hybridized carbons (Fsp3) is 0.250. The predicted molar refractivity (Wildman–Crippen MR) is 103 cm³/mol. The van der Waals surface area contributed by atoms with Gasteiger partial charge < -0.3 is 5.32 Å². The summed E-state index contributed by atoms with van der Waals surface area (Å²) in [5.74, 6) is -1.39. The summed E-state index contributed by atoms with van der Waals surface area (Å²) < 4.78 is 13.1. The van der Waals surface area contributed by atoms with Crippen molar-refractivity contribution >= 4 is 35.1 Å². The molecule has 0 spiro atoms. The van der Waals surface area contributed by atoms with Gasteiger partial charge in [-0.3, -0.25) is 19.4 Å². The zero-order valence-corrected chi connectivity index (χ0v) is 16.1. The number of anilines is 1. The Morgan fingerprint density at radius 2 is 1.75 bits per heavy atom. The quantitative estimate of drug-likeness (QED) is 0.776. The molecule has 0 bridgehead atoms. The largest absolute Gasteiger partial charge is 0.348 e. The van der Waals surface area contributed by atoms with Gasteiger partial charge in [0.25, 0.3) is 5.91 Å². The molecule has 6 nitrogen and oxygen atoms in total. The highest BCUT2D eigenvalue weighted by atomic mass is 35.5. The van der Waals surface area contributed by atoms with Crippen molar-refractivity contribution in [2.45, 2.75) is 25.9 Å². The molecule has 2 atom stereocenters. The highest BCUT2D eigenvalue weighted by Crippen LogP contribution is 2.26. The van der Waals surface area contributed by atoms with E-state index in [1.165, 1.54) is 29.2 Å². The van der Waals surface area contributed by atoms with Gasteiger partial charge in [0.1, 0.15) is 18.4 Å². The Morgan fingerprint density at radius 1 is 1.14 bits per heavy atom. The highest BCUT2D eigenvalue weighted by molar-refractivity contribution is 6.30. The van der Waals surface area contributed by atoms with Crippen LogP contribution in [0.25, 0.3) is 0 Å². The van der Waals surface area contributed by atoms with Crippen molar-refractivity contribution in [1.29, 1.82) is 0 Å². The van der Waals surface area contributed by atoms with E-state index < -0.39 is 36.2 Å². The van der Waals surface area contributed by atoms with Gasteiger partial charge in [-0.25, -0.2) is 9.18 Å². The summed E-state index contributed by atoms with van der Waals surface area (Å²) in [4.78, 5) is 39.7. The van der Waals surface area contributed by atoms with Crippen LogP contribution in [0.2, 0.25) is 5.02 Å². The number of nitrogens with zero attached hydrogens (tertiary/aromatic N) is 2. The van der Waals surface area contributed by atoms with Crippen LogP contribution >= 0.6 is 11.6 Å². The standard InChI is InChI=1S/C20H19ClFN3O3/c1-12(14-3-5-15(21)6-4-14)23-18(26)11-24-19(27)13(2)25(20(24)28)17-9-7-16(22)8-10-17/h3-10,12-13H,11H2,1-2H3,(H,23,26)/t12-,13+/m0/s1. The molecule has 1 saturated heterocycles. The molecule has 1 heterocycles. The second-order valence-corrected chi connectivity index (χ2v) is 7.01. The molecule has 3 rings (SSSR count). The Labute approximate surface area is 166 Å². The lowest BCUT2D eigenvalue weighted by Gasteiger charge is -2.20. The Hall–Kier alpha value is -2.93. The number of imide groups is 1. The Balaban J connectivity index is 1.68. The molecule has 1 aliphatic heterocycles. The van der Waals surface area contributed by atoms with Gasteiger partial charge in [-0.1, -0.05) is 23.7 Å². The number of rotatable bonds is 5. The number of carbonyl (C=O) groups excluding carboxylic acids is 3. The Bertz CT molecular complexity index is 902. The highest BCUT2D eigenvalue weighted by Gasteiger charge is 2.44. The SMILES string of the molecule is C[C@H](NC(=O)CN1C(=O)[C@@H](C)N(c2ccc(F)cc2)C1=O)c1ccc(Cl)cc1. The van der Waals surface area contributed by atoms with E-state index in [9.17, 15) is 18.8 Å². The number of halogens is 2. The third kappa shape index (κ3) is 3.99. The van der Waals surface area contributed by atoms with Crippen LogP contribution in [-0.4, -0.2) is 35.3 Å². The van der Waals surface area contributed by atoms with Crippen LogP contribution in [-0.2, 0) is 9.59 Å². The second-order valence-electron chi connectivity index (χ2n) is 6.57. The maximum Gasteiger partial charge on any atom is 0.332 e. The summed E-state index contributed by atoms with van der Waals surface area (Å²) in [6, 6.07) is 10.6. The van der Waals surface area contributed by atoms with E-state index in [1.54, 1.807) is 38.1 Å². The van der Waals surface area contributed by atoms with Gasteiger partial charge in [0, 0.05) is 10.7 Å². The third-order valence-corrected chi connectivity index (χ3v) is 4.85. The average molecular weight is 404 g/mol. The minimum absolute atomic E-state index is 0.316. The van der Waals surface area contributed by atoms with Crippen molar-refractivity contribution in [2.24, 2.45) is 0 Å². The molecule has 0 unspecified atom stereocenters. The minimum Gasteiger partial charge on any atom is -0.348 e. The first-order valence-corrected chi connectivity index (χ1v) is 9.10. The second kappa shape index (κ2) is 7.98. The zero-order valence-electron chi connectivity index (χ0n) is 15.4. The van der Waals surface area contributed by atoms with Crippen molar-refractivity contribution in [3.63, 3.8) is 0 Å². The lowest BCUT2D eigenvalue weighted by Crippen LogP contribution is -2.42.